The Hall–Kier alpha value is -0.990. The van der Waals surface area contributed by atoms with Gasteiger partial charge in [-0.3, -0.25) is 0 Å². The van der Waals surface area contributed by atoms with Gasteiger partial charge in [0.2, 0.25) is 0 Å². The molecule has 8 heteroatoms. The number of amides is 2. The lowest BCUT2D eigenvalue weighted by Crippen LogP contribution is -2.54. The van der Waals surface area contributed by atoms with Crippen molar-refractivity contribution < 1.29 is 24.2 Å². The highest BCUT2D eigenvalue weighted by Gasteiger charge is 2.32. The molecule has 1 heterocycles. The number of carbonyl (C=O) groups excluding carboxylic acids is 1. The van der Waals surface area contributed by atoms with E-state index in [1.807, 2.05) is 0 Å². The number of nitrogens with zero attached hydrogens (tertiary/aromatic N) is 1. The van der Waals surface area contributed by atoms with Crippen LogP contribution in [0.4, 0.5) is 4.79 Å². The highest BCUT2D eigenvalue weighted by Crippen LogP contribution is 2.16. The van der Waals surface area contributed by atoms with Gasteiger partial charge in [0.15, 0.2) is 0 Å². The van der Waals surface area contributed by atoms with Crippen LogP contribution in [0.2, 0.25) is 0 Å². The topological polar surface area (TPSA) is 88.1 Å². The number of carboxylic acid groups (broad SMARTS) is 1. The number of nitrogens with one attached hydrogen (secondary N) is 1. The van der Waals surface area contributed by atoms with Crippen molar-refractivity contribution in [3.05, 3.63) is 0 Å². The Morgan fingerprint density at radius 1 is 1.53 bits per heavy atom. The molecule has 19 heavy (non-hydrogen) atoms. The molecule has 0 radical (unpaired) electrons. The van der Waals surface area contributed by atoms with Crippen LogP contribution in [0, 0.1) is 0 Å². The highest BCUT2D eigenvalue weighted by molar-refractivity contribution is 7.99. The molecule has 0 aromatic carbocycles. The van der Waals surface area contributed by atoms with E-state index in [2.05, 4.69) is 5.32 Å². The third-order valence-electron chi connectivity index (χ3n) is 2.84. The summed E-state index contributed by atoms with van der Waals surface area (Å²) in [5.41, 5.74) is 0. The summed E-state index contributed by atoms with van der Waals surface area (Å²) in [6.45, 7) is 1.10. The Balaban J connectivity index is 2.48. The summed E-state index contributed by atoms with van der Waals surface area (Å²) in [4.78, 5) is 24.4. The van der Waals surface area contributed by atoms with Gasteiger partial charge in [-0.2, -0.15) is 11.8 Å². The number of aliphatic carboxylic acids is 1. The molecule has 1 aliphatic rings. The maximum absolute atomic E-state index is 12.0. The second-order valence-corrected chi connectivity index (χ2v) is 5.27. The number of carbonyl (C=O) groups is 2. The van der Waals surface area contributed by atoms with Crippen LogP contribution in [0.15, 0.2) is 0 Å². The molecule has 0 spiro atoms. The van der Waals surface area contributed by atoms with Crippen molar-refractivity contribution >= 4 is 23.8 Å². The molecule has 2 amide bonds. The number of carboxylic acids is 1. The number of ether oxygens (including phenoxy) is 2. The Morgan fingerprint density at radius 3 is 2.84 bits per heavy atom. The van der Waals surface area contributed by atoms with Crippen molar-refractivity contribution in [1.82, 2.24) is 10.2 Å². The van der Waals surface area contributed by atoms with Crippen LogP contribution in [0.5, 0.6) is 0 Å². The van der Waals surface area contributed by atoms with Crippen LogP contribution < -0.4 is 5.32 Å². The van der Waals surface area contributed by atoms with E-state index >= 15 is 0 Å². The molecule has 0 saturated carbocycles. The van der Waals surface area contributed by atoms with E-state index in [1.54, 1.807) is 18.9 Å². The maximum Gasteiger partial charge on any atom is 0.327 e. The maximum atomic E-state index is 12.0. The molecule has 1 fully saturated rings. The van der Waals surface area contributed by atoms with Gasteiger partial charge in [-0.25, -0.2) is 9.59 Å². The van der Waals surface area contributed by atoms with Gasteiger partial charge in [0.05, 0.1) is 12.7 Å². The molecule has 0 aromatic rings. The lowest BCUT2D eigenvalue weighted by Gasteiger charge is -2.32. The first kappa shape index (κ1) is 16.1. The molecule has 0 aromatic heterocycles. The Labute approximate surface area is 116 Å². The fourth-order valence-electron chi connectivity index (χ4n) is 1.75. The van der Waals surface area contributed by atoms with E-state index in [-0.39, 0.29) is 12.1 Å². The van der Waals surface area contributed by atoms with Gasteiger partial charge in [-0.05, 0) is 0 Å². The molecule has 0 aliphatic carbocycles. The van der Waals surface area contributed by atoms with Gasteiger partial charge in [0.1, 0.15) is 6.04 Å². The monoisotopic (exact) mass is 292 g/mol. The molecule has 2 atom stereocenters. The minimum atomic E-state index is -0.970. The van der Waals surface area contributed by atoms with Crippen LogP contribution in [0.3, 0.4) is 0 Å². The molecule has 110 valence electrons. The summed E-state index contributed by atoms with van der Waals surface area (Å²) in [6.07, 6.45) is -0.239. The quantitative estimate of drug-likeness (QED) is 0.708. The molecule has 7 nitrogen and oxygen atoms in total. The fraction of sp³-hybridized carbons (Fsp3) is 0.818. The number of rotatable bonds is 6. The van der Waals surface area contributed by atoms with Crippen molar-refractivity contribution in [1.29, 1.82) is 0 Å². The zero-order valence-corrected chi connectivity index (χ0v) is 11.9. The fourth-order valence-corrected chi connectivity index (χ4v) is 2.79. The summed E-state index contributed by atoms with van der Waals surface area (Å²) in [7, 11) is 3.09. The number of methoxy groups -OCH3 is 2. The SMILES string of the molecule is COCC(CNC(=O)N1CCSCC1C(=O)O)OC. The first-order valence-electron chi connectivity index (χ1n) is 5.97. The minimum Gasteiger partial charge on any atom is -0.480 e. The predicted octanol–water partition coefficient (Wildman–Crippen LogP) is -0.141. The van der Waals surface area contributed by atoms with Crippen molar-refractivity contribution in [2.75, 3.05) is 45.4 Å². The van der Waals surface area contributed by atoms with E-state index < -0.39 is 12.0 Å². The summed E-state index contributed by atoms with van der Waals surface area (Å²) >= 11 is 1.54. The average molecular weight is 292 g/mol. The van der Waals surface area contributed by atoms with Crippen LogP contribution in [-0.4, -0.2) is 79.6 Å². The summed E-state index contributed by atoms with van der Waals surface area (Å²) in [6, 6.07) is -1.13. The van der Waals surface area contributed by atoms with E-state index in [9.17, 15) is 9.59 Å². The highest BCUT2D eigenvalue weighted by atomic mass is 32.2. The Bertz CT molecular complexity index is 315. The van der Waals surface area contributed by atoms with Gasteiger partial charge < -0.3 is 24.8 Å². The van der Waals surface area contributed by atoms with Crippen LogP contribution in [0.25, 0.3) is 0 Å². The van der Waals surface area contributed by atoms with Crippen molar-refractivity contribution in [2.45, 2.75) is 12.1 Å². The van der Waals surface area contributed by atoms with Gasteiger partial charge in [-0.1, -0.05) is 0 Å². The van der Waals surface area contributed by atoms with Crippen molar-refractivity contribution in [3.8, 4) is 0 Å². The Morgan fingerprint density at radius 2 is 2.26 bits per heavy atom. The Kier molecular flexibility index (Phi) is 6.96. The lowest BCUT2D eigenvalue weighted by molar-refractivity contribution is -0.141. The molecule has 2 N–H and O–H groups in total. The minimum absolute atomic E-state index is 0.239. The van der Waals surface area contributed by atoms with Crippen LogP contribution >= 0.6 is 11.8 Å². The zero-order valence-electron chi connectivity index (χ0n) is 11.1. The van der Waals surface area contributed by atoms with Gasteiger partial charge in [0.25, 0.3) is 0 Å². The normalized spacial score (nSPS) is 20.9. The van der Waals surface area contributed by atoms with Crippen LogP contribution in [0.1, 0.15) is 0 Å². The molecule has 1 rings (SSSR count). The molecule has 1 aliphatic heterocycles. The van der Waals surface area contributed by atoms with E-state index in [0.29, 0.717) is 25.4 Å². The number of thioether (sulfide) groups is 1. The second kappa shape index (κ2) is 8.23. The molecule has 1 saturated heterocycles. The van der Waals surface area contributed by atoms with Gasteiger partial charge >= 0.3 is 12.0 Å². The predicted molar refractivity (Wildman–Crippen MR) is 71.5 cm³/mol. The summed E-state index contributed by atoms with van der Waals surface area (Å²) in [5, 5.41) is 11.8. The van der Waals surface area contributed by atoms with Crippen LogP contribution in [-0.2, 0) is 14.3 Å². The zero-order chi connectivity index (χ0) is 14.3. The third kappa shape index (κ3) is 4.88. The number of hydrogen-bond donors (Lipinski definition) is 2. The third-order valence-corrected chi connectivity index (χ3v) is 3.86. The van der Waals surface area contributed by atoms with Crippen molar-refractivity contribution in [3.63, 3.8) is 0 Å². The number of hydrogen-bond acceptors (Lipinski definition) is 5. The smallest absolute Gasteiger partial charge is 0.327 e. The molecular formula is C11H20N2O5S. The molecule has 0 bridgehead atoms. The molecular weight excluding hydrogens is 272 g/mol. The first-order valence-corrected chi connectivity index (χ1v) is 7.12. The first-order chi connectivity index (χ1) is 9.10. The second-order valence-electron chi connectivity index (χ2n) is 4.12. The van der Waals surface area contributed by atoms with Crippen molar-refractivity contribution in [2.24, 2.45) is 0 Å². The largest absolute Gasteiger partial charge is 0.480 e. The van der Waals surface area contributed by atoms with Gasteiger partial charge in [-0.15, -0.1) is 0 Å². The van der Waals surface area contributed by atoms with E-state index in [0.717, 1.165) is 5.75 Å². The summed E-state index contributed by atoms with van der Waals surface area (Å²) < 4.78 is 10.1. The van der Waals surface area contributed by atoms with Gasteiger partial charge in [0, 0.05) is 38.8 Å². The van der Waals surface area contributed by atoms with E-state index in [1.165, 1.54) is 12.0 Å². The number of urea groups is 1. The van der Waals surface area contributed by atoms with E-state index in [4.69, 9.17) is 14.6 Å². The average Bonchev–Trinajstić information content (AvgIpc) is 2.43. The molecule has 2 unspecified atom stereocenters. The lowest BCUT2D eigenvalue weighted by atomic mass is 10.3. The standard InChI is InChI=1S/C11H20N2O5S/c1-17-6-8(18-2)5-12-11(16)13-3-4-19-7-9(13)10(14)15/h8-9H,3-7H2,1-2H3,(H,12,16)(H,14,15). The summed E-state index contributed by atoms with van der Waals surface area (Å²) in [5.74, 6) is 0.208.